The average molecular weight is 213 g/mol. The topological polar surface area (TPSA) is 35.2 Å². The number of methoxy groups -OCH3 is 1. The fraction of sp³-hybridized carbons (Fsp3) is 1.00. The highest BCUT2D eigenvalue weighted by Gasteiger charge is 2.22. The summed E-state index contributed by atoms with van der Waals surface area (Å²) in [5.74, 6) is 0.864. The maximum atomic E-state index is 6.22. The number of ether oxygens (including phenoxy) is 1. The Morgan fingerprint density at radius 3 is 2.47 bits per heavy atom. The van der Waals surface area contributed by atoms with Crippen LogP contribution < -0.4 is 5.73 Å². The molecule has 1 saturated carbocycles. The summed E-state index contributed by atoms with van der Waals surface area (Å²) in [5.41, 5.74) is 6.22. The van der Waals surface area contributed by atoms with Gasteiger partial charge in [0.25, 0.3) is 0 Å². The van der Waals surface area contributed by atoms with Crippen molar-refractivity contribution in [3.63, 3.8) is 0 Å². The largest absolute Gasteiger partial charge is 0.380 e. The Morgan fingerprint density at radius 1 is 1.27 bits per heavy atom. The van der Waals surface area contributed by atoms with Crippen LogP contribution in [0.5, 0.6) is 0 Å². The Morgan fingerprint density at radius 2 is 1.93 bits per heavy atom. The molecule has 0 radical (unpaired) electrons. The first kappa shape index (κ1) is 13.0. The van der Waals surface area contributed by atoms with Gasteiger partial charge in [0.05, 0.1) is 6.10 Å². The van der Waals surface area contributed by atoms with Gasteiger partial charge in [-0.15, -0.1) is 0 Å². The van der Waals surface area contributed by atoms with Crippen LogP contribution in [-0.2, 0) is 4.74 Å². The molecule has 0 bridgehead atoms. The minimum atomic E-state index is 0.248. The van der Waals surface area contributed by atoms with Gasteiger partial charge in [0, 0.05) is 13.2 Å². The van der Waals surface area contributed by atoms with Crippen molar-refractivity contribution >= 4 is 0 Å². The van der Waals surface area contributed by atoms with Gasteiger partial charge in [0.1, 0.15) is 0 Å². The number of nitrogens with two attached hydrogens (primary N) is 1. The Labute approximate surface area is 94.6 Å². The van der Waals surface area contributed by atoms with Crippen molar-refractivity contribution in [3.8, 4) is 0 Å². The second-order valence-electron chi connectivity index (χ2n) is 4.97. The van der Waals surface area contributed by atoms with Crippen molar-refractivity contribution in [3.05, 3.63) is 0 Å². The third-order valence-corrected chi connectivity index (χ3v) is 3.68. The van der Waals surface area contributed by atoms with E-state index >= 15 is 0 Å². The van der Waals surface area contributed by atoms with Crippen LogP contribution in [0.1, 0.15) is 58.3 Å². The molecule has 0 amide bonds. The van der Waals surface area contributed by atoms with Crippen molar-refractivity contribution in [2.24, 2.45) is 11.7 Å². The minimum absolute atomic E-state index is 0.248. The smallest absolute Gasteiger partial charge is 0.0722 e. The first-order valence-corrected chi connectivity index (χ1v) is 6.56. The average Bonchev–Trinajstić information content (AvgIpc) is 2.27. The highest BCUT2D eigenvalue weighted by molar-refractivity contribution is 4.78. The zero-order valence-corrected chi connectivity index (χ0v) is 10.4. The van der Waals surface area contributed by atoms with Crippen LogP contribution in [0, 0.1) is 5.92 Å². The second kappa shape index (κ2) is 7.24. The van der Waals surface area contributed by atoms with E-state index in [0.29, 0.717) is 0 Å². The molecule has 0 spiro atoms. The number of hydrogen-bond donors (Lipinski definition) is 1. The first-order chi connectivity index (χ1) is 7.27. The monoisotopic (exact) mass is 213 g/mol. The van der Waals surface area contributed by atoms with Crippen LogP contribution in [0.2, 0.25) is 0 Å². The molecule has 2 unspecified atom stereocenters. The van der Waals surface area contributed by atoms with Gasteiger partial charge in [-0.25, -0.2) is 0 Å². The molecule has 0 aromatic heterocycles. The molecule has 0 aromatic carbocycles. The summed E-state index contributed by atoms with van der Waals surface area (Å²) in [6.07, 6.45) is 10.7. The van der Waals surface area contributed by atoms with E-state index in [0.717, 1.165) is 18.8 Å². The van der Waals surface area contributed by atoms with Gasteiger partial charge >= 0.3 is 0 Å². The van der Waals surface area contributed by atoms with Crippen LogP contribution >= 0.6 is 0 Å². The first-order valence-electron chi connectivity index (χ1n) is 6.56. The molecule has 2 heteroatoms. The zero-order chi connectivity index (χ0) is 11.1. The SMILES string of the molecule is CCCC(OC)C(N)CC1CCCCC1. The molecule has 1 fully saturated rings. The van der Waals surface area contributed by atoms with Gasteiger partial charge in [-0.2, -0.15) is 0 Å². The summed E-state index contributed by atoms with van der Waals surface area (Å²) in [6, 6.07) is 0.248. The molecule has 2 atom stereocenters. The van der Waals surface area contributed by atoms with Crippen LogP contribution in [0.4, 0.5) is 0 Å². The normalized spacial score (nSPS) is 22.6. The van der Waals surface area contributed by atoms with Gasteiger partial charge in [-0.3, -0.25) is 0 Å². The molecule has 15 heavy (non-hydrogen) atoms. The summed E-state index contributed by atoms with van der Waals surface area (Å²) in [6.45, 7) is 2.19. The van der Waals surface area contributed by atoms with Gasteiger partial charge in [0.15, 0.2) is 0 Å². The third-order valence-electron chi connectivity index (χ3n) is 3.68. The van der Waals surface area contributed by atoms with Crippen LogP contribution in [0.25, 0.3) is 0 Å². The van der Waals surface area contributed by atoms with E-state index in [1.807, 2.05) is 0 Å². The van der Waals surface area contributed by atoms with Crippen LogP contribution in [0.15, 0.2) is 0 Å². The lowest BCUT2D eigenvalue weighted by Crippen LogP contribution is -2.38. The number of rotatable bonds is 6. The summed E-state index contributed by atoms with van der Waals surface area (Å²) < 4.78 is 5.47. The fourth-order valence-corrected chi connectivity index (χ4v) is 2.75. The summed E-state index contributed by atoms with van der Waals surface area (Å²) >= 11 is 0. The molecular weight excluding hydrogens is 186 g/mol. The Balaban J connectivity index is 2.27. The lowest BCUT2D eigenvalue weighted by Gasteiger charge is -2.28. The van der Waals surface area contributed by atoms with E-state index in [1.54, 1.807) is 7.11 Å². The predicted octanol–water partition coefficient (Wildman–Crippen LogP) is 3.10. The maximum absolute atomic E-state index is 6.22. The van der Waals surface area contributed by atoms with E-state index in [-0.39, 0.29) is 12.1 Å². The molecule has 1 aliphatic rings. The molecular formula is C13H27NO. The third kappa shape index (κ3) is 4.52. The van der Waals surface area contributed by atoms with Crippen molar-refractivity contribution in [2.45, 2.75) is 70.4 Å². The second-order valence-corrected chi connectivity index (χ2v) is 4.97. The Bertz CT molecular complexity index is 155. The molecule has 90 valence electrons. The summed E-state index contributed by atoms with van der Waals surface area (Å²) in [7, 11) is 1.79. The molecule has 0 aromatic rings. The Kier molecular flexibility index (Phi) is 6.26. The van der Waals surface area contributed by atoms with Gasteiger partial charge < -0.3 is 10.5 Å². The van der Waals surface area contributed by atoms with E-state index in [4.69, 9.17) is 10.5 Å². The van der Waals surface area contributed by atoms with E-state index < -0.39 is 0 Å². The number of hydrogen-bond acceptors (Lipinski definition) is 2. The van der Waals surface area contributed by atoms with E-state index in [2.05, 4.69) is 6.92 Å². The minimum Gasteiger partial charge on any atom is -0.380 e. The van der Waals surface area contributed by atoms with Gasteiger partial charge in [-0.1, -0.05) is 45.4 Å². The lowest BCUT2D eigenvalue weighted by atomic mass is 9.83. The van der Waals surface area contributed by atoms with E-state index in [9.17, 15) is 0 Å². The standard InChI is InChI=1S/C13H27NO/c1-3-7-13(15-2)12(14)10-11-8-5-4-6-9-11/h11-13H,3-10,14H2,1-2H3. The molecule has 2 nitrogen and oxygen atoms in total. The quantitative estimate of drug-likeness (QED) is 0.736. The van der Waals surface area contributed by atoms with Crippen LogP contribution in [-0.4, -0.2) is 19.3 Å². The van der Waals surface area contributed by atoms with Crippen molar-refractivity contribution in [2.75, 3.05) is 7.11 Å². The van der Waals surface area contributed by atoms with E-state index in [1.165, 1.54) is 38.5 Å². The van der Waals surface area contributed by atoms with Gasteiger partial charge in [-0.05, 0) is 18.8 Å². The molecule has 2 N–H and O–H groups in total. The highest BCUT2D eigenvalue weighted by Crippen LogP contribution is 2.28. The maximum Gasteiger partial charge on any atom is 0.0722 e. The van der Waals surface area contributed by atoms with Crippen molar-refractivity contribution < 1.29 is 4.74 Å². The van der Waals surface area contributed by atoms with Gasteiger partial charge in [0.2, 0.25) is 0 Å². The highest BCUT2D eigenvalue weighted by atomic mass is 16.5. The molecule has 0 saturated heterocycles. The molecule has 0 heterocycles. The summed E-state index contributed by atoms with van der Waals surface area (Å²) in [4.78, 5) is 0. The van der Waals surface area contributed by atoms with Crippen LogP contribution in [0.3, 0.4) is 0 Å². The predicted molar refractivity (Wildman–Crippen MR) is 64.9 cm³/mol. The summed E-state index contributed by atoms with van der Waals surface area (Å²) in [5, 5.41) is 0. The fourth-order valence-electron chi connectivity index (χ4n) is 2.75. The van der Waals surface area contributed by atoms with Crippen molar-refractivity contribution in [1.82, 2.24) is 0 Å². The lowest BCUT2D eigenvalue weighted by molar-refractivity contribution is 0.0628. The zero-order valence-electron chi connectivity index (χ0n) is 10.4. The Hall–Kier alpha value is -0.0800. The molecule has 1 rings (SSSR count). The molecule has 0 aliphatic heterocycles. The molecule has 1 aliphatic carbocycles. The van der Waals surface area contributed by atoms with Crippen molar-refractivity contribution in [1.29, 1.82) is 0 Å².